The molecule has 3 nitrogen and oxygen atoms in total. The van der Waals surface area contributed by atoms with Gasteiger partial charge in [-0.2, -0.15) is 0 Å². The number of hydrogen-bond acceptors (Lipinski definition) is 3. The second-order valence-corrected chi connectivity index (χ2v) is 6.14. The highest BCUT2D eigenvalue weighted by atomic mass is 32.1. The van der Waals surface area contributed by atoms with Crippen molar-refractivity contribution >= 4 is 33.0 Å². The summed E-state index contributed by atoms with van der Waals surface area (Å²) in [7, 11) is 0. The highest BCUT2D eigenvalue weighted by Gasteiger charge is 2.30. The highest BCUT2D eigenvalue weighted by molar-refractivity contribution is 7.21. The normalized spacial score (nSPS) is 16.5. The minimum Gasteiger partial charge on any atom is -0.397 e. The van der Waals surface area contributed by atoms with Crippen molar-refractivity contribution in [2.24, 2.45) is 5.92 Å². The molecule has 1 heterocycles. The monoisotopic (exact) mass is 278 g/mol. The Kier molecular flexibility index (Phi) is 2.93. The quantitative estimate of drug-likeness (QED) is 0.906. The topological polar surface area (TPSA) is 55.1 Å². The maximum absolute atomic E-state index is 13.2. The third-order valence-corrected chi connectivity index (χ3v) is 4.77. The van der Waals surface area contributed by atoms with Crippen molar-refractivity contribution in [2.75, 3.05) is 5.73 Å². The molecule has 1 aliphatic carbocycles. The van der Waals surface area contributed by atoms with Gasteiger partial charge in [-0.25, -0.2) is 4.39 Å². The van der Waals surface area contributed by atoms with Gasteiger partial charge in [0.2, 0.25) is 0 Å². The fourth-order valence-electron chi connectivity index (χ4n) is 2.24. The van der Waals surface area contributed by atoms with Gasteiger partial charge in [0, 0.05) is 16.1 Å². The molecule has 3 N–H and O–H groups in total. The third-order valence-electron chi connectivity index (χ3n) is 3.58. The second kappa shape index (κ2) is 4.49. The van der Waals surface area contributed by atoms with Crippen molar-refractivity contribution in [2.45, 2.75) is 25.8 Å². The molecular weight excluding hydrogens is 263 g/mol. The van der Waals surface area contributed by atoms with E-state index in [1.54, 1.807) is 6.07 Å². The van der Waals surface area contributed by atoms with Gasteiger partial charge < -0.3 is 11.1 Å². The Morgan fingerprint density at radius 3 is 2.95 bits per heavy atom. The molecule has 1 saturated carbocycles. The van der Waals surface area contributed by atoms with Crippen molar-refractivity contribution in [3.8, 4) is 0 Å². The van der Waals surface area contributed by atoms with Gasteiger partial charge in [-0.3, -0.25) is 4.79 Å². The summed E-state index contributed by atoms with van der Waals surface area (Å²) in [5, 5.41) is 3.59. The molecular formula is C14H15FN2OS. The van der Waals surface area contributed by atoms with Gasteiger partial charge in [0.25, 0.3) is 5.91 Å². The van der Waals surface area contributed by atoms with E-state index in [4.69, 9.17) is 5.73 Å². The first-order valence-corrected chi connectivity index (χ1v) is 7.16. The summed E-state index contributed by atoms with van der Waals surface area (Å²) in [5.41, 5.74) is 6.33. The van der Waals surface area contributed by atoms with Gasteiger partial charge in [-0.15, -0.1) is 11.3 Å². The molecule has 1 fully saturated rings. The SMILES string of the molecule is CC(NC(=O)c1sc2ccc(F)cc2c1N)C1CC1. The number of hydrogen-bond donors (Lipinski definition) is 2. The summed E-state index contributed by atoms with van der Waals surface area (Å²) in [6.45, 7) is 2.01. The second-order valence-electron chi connectivity index (χ2n) is 5.08. The first kappa shape index (κ1) is 12.4. The number of fused-ring (bicyclic) bond motifs is 1. The highest BCUT2D eigenvalue weighted by Crippen LogP contribution is 2.35. The molecule has 2 aromatic rings. The van der Waals surface area contributed by atoms with Crippen LogP contribution >= 0.6 is 11.3 Å². The number of nitrogens with two attached hydrogens (primary N) is 1. The van der Waals surface area contributed by atoms with E-state index in [0.29, 0.717) is 21.9 Å². The summed E-state index contributed by atoms with van der Waals surface area (Å²) in [6, 6.07) is 4.59. The van der Waals surface area contributed by atoms with Crippen molar-refractivity contribution in [3.63, 3.8) is 0 Å². The fraction of sp³-hybridized carbons (Fsp3) is 0.357. The van der Waals surface area contributed by atoms with E-state index < -0.39 is 0 Å². The van der Waals surface area contributed by atoms with Crippen LogP contribution in [0.25, 0.3) is 10.1 Å². The molecule has 1 amide bonds. The molecule has 0 radical (unpaired) electrons. The van der Waals surface area contributed by atoms with E-state index in [2.05, 4.69) is 5.32 Å². The lowest BCUT2D eigenvalue weighted by Crippen LogP contribution is -2.33. The van der Waals surface area contributed by atoms with Gasteiger partial charge in [0.15, 0.2) is 0 Å². The van der Waals surface area contributed by atoms with E-state index in [1.165, 1.54) is 36.3 Å². The van der Waals surface area contributed by atoms with Crippen LogP contribution in [-0.4, -0.2) is 11.9 Å². The first-order valence-electron chi connectivity index (χ1n) is 6.34. The van der Waals surface area contributed by atoms with Gasteiger partial charge in [-0.1, -0.05) is 0 Å². The average Bonchev–Trinajstić information content (AvgIpc) is 3.16. The number of amides is 1. The van der Waals surface area contributed by atoms with Gasteiger partial charge in [-0.05, 0) is 43.9 Å². The number of nitrogen functional groups attached to an aromatic ring is 1. The molecule has 5 heteroatoms. The molecule has 3 rings (SSSR count). The Morgan fingerprint density at radius 2 is 2.26 bits per heavy atom. The Morgan fingerprint density at radius 1 is 1.53 bits per heavy atom. The number of anilines is 1. The lowest BCUT2D eigenvalue weighted by molar-refractivity contribution is 0.0941. The zero-order valence-electron chi connectivity index (χ0n) is 10.6. The molecule has 1 aromatic heterocycles. The number of rotatable bonds is 3. The molecule has 1 aliphatic rings. The summed E-state index contributed by atoms with van der Waals surface area (Å²) in [6.07, 6.45) is 2.35. The summed E-state index contributed by atoms with van der Waals surface area (Å²) in [4.78, 5) is 12.7. The molecule has 0 bridgehead atoms. The standard InChI is InChI=1S/C14H15FN2OS/c1-7(8-2-3-8)17-14(18)13-12(16)10-6-9(15)4-5-11(10)19-13/h4-8H,2-3,16H2,1H3,(H,17,18). The van der Waals surface area contributed by atoms with Crippen molar-refractivity contribution in [1.29, 1.82) is 0 Å². The fourth-order valence-corrected chi connectivity index (χ4v) is 3.25. The Labute approximate surface area is 114 Å². The van der Waals surface area contributed by atoms with Gasteiger partial charge in [0.05, 0.1) is 5.69 Å². The number of thiophene rings is 1. The van der Waals surface area contributed by atoms with Crippen molar-refractivity contribution in [3.05, 3.63) is 28.9 Å². The molecule has 0 aliphatic heterocycles. The molecule has 0 saturated heterocycles. The summed E-state index contributed by atoms with van der Waals surface area (Å²) in [5.74, 6) is 0.103. The molecule has 1 aromatic carbocycles. The average molecular weight is 278 g/mol. The number of nitrogens with one attached hydrogen (secondary N) is 1. The van der Waals surface area contributed by atoms with Gasteiger partial charge >= 0.3 is 0 Å². The van der Waals surface area contributed by atoms with Crippen LogP contribution in [0.1, 0.15) is 29.4 Å². The van der Waals surface area contributed by atoms with Crippen LogP contribution in [0.4, 0.5) is 10.1 Å². The zero-order valence-corrected chi connectivity index (χ0v) is 11.4. The summed E-state index contributed by atoms with van der Waals surface area (Å²) < 4.78 is 14.0. The molecule has 0 spiro atoms. The Hall–Kier alpha value is -1.62. The van der Waals surface area contributed by atoms with Crippen LogP contribution in [0.2, 0.25) is 0 Å². The first-order chi connectivity index (χ1) is 9.06. The van der Waals surface area contributed by atoms with Crippen molar-refractivity contribution < 1.29 is 9.18 Å². The van der Waals surface area contributed by atoms with E-state index in [-0.39, 0.29) is 17.8 Å². The van der Waals surface area contributed by atoms with E-state index in [1.807, 2.05) is 6.92 Å². The van der Waals surface area contributed by atoms with Crippen LogP contribution in [0.5, 0.6) is 0 Å². The lowest BCUT2D eigenvalue weighted by atomic mass is 10.2. The van der Waals surface area contributed by atoms with E-state index in [9.17, 15) is 9.18 Å². The van der Waals surface area contributed by atoms with Gasteiger partial charge in [0.1, 0.15) is 10.7 Å². The number of carbonyl (C=O) groups is 1. The number of halogens is 1. The lowest BCUT2D eigenvalue weighted by Gasteiger charge is -2.11. The van der Waals surface area contributed by atoms with Crippen LogP contribution in [0.15, 0.2) is 18.2 Å². The molecule has 1 unspecified atom stereocenters. The maximum atomic E-state index is 13.2. The minimum atomic E-state index is -0.338. The van der Waals surface area contributed by atoms with Crippen LogP contribution in [0, 0.1) is 11.7 Å². The molecule has 100 valence electrons. The predicted molar refractivity (Wildman–Crippen MR) is 75.8 cm³/mol. The number of carbonyl (C=O) groups excluding carboxylic acids is 1. The number of benzene rings is 1. The molecule has 19 heavy (non-hydrogen) atoms. The molecule has 1 atom stereocenters. The summed E-state index contributed by atoms with van der Waals surface area (Å²) >= 11 is 1.31. The Balaban J connectivity index is 1.91. The van der Waals surface area contributed by atoms with Crippen LogP contribution in [0.3, 0.4) is 0 Å². The zero-order chi connectivity index (χ0) is 13.6. The smallest absolute Gasteiger partial charge is 0.263 e. The van der Waals surface area contributed by atoms with Crippen LogP contribution in [-0.2, 0) is 0 Å². The minimum absolute atomic E-state index is 0.154. The maximum Gasteiger partial charge on any atom is 0.263 e. The van der Waals surface area contributed by atoms with E-state index in [0.717, 1.165) is 4.70 Å². The van der Waals surface area contributed by atoms with Crippen molar-refractivity contribution in [1.82, 2.24) is 5.32 Å². The van der Waals surface area contributed by atoms with Crippen LogP contribution < -0.4 is 11.1 Å². The third kappa shape index (κ3) is 2.30. The Bertz CT molecular complexity index is 648. The largest absolute Gasteiger partial charge is 0.397 e. The predicted octanol–water partition coefficient (Wildman–Crippen LogP) is 3.15. The van der Waals surface area contributed by atoms with E-state index >= 15 is 0 Å².